The van der Waals surface area contributed by atoms with E-state index < -0.39 is 0 Å². The van der Waals surface area contributed by atoms with E-state index in [0.717, 1.165) is 30.6 Å². The second-order valence-corrected chi connectivity index (χ2v) is 6.33. The minimum Gasteiger partial charge on any atom is -0.335 e. The number of rotatable bonds is 4. The predicted molar refractivity (Wildman–Crippen MR) is 92.0 cm³/mol. The first-order valence-electron chi connectivity index (χ1n) is 8.45. The van der Waals surface area contributed by atoms with Gasteiger partial charge in [0.25, 0.3) is 0 Å². The molecule has 0 radical (unpaired) electrons. The van der Waals surface area contributed by atoms with Crippen LogP contribution in [-0.2, 0) is 18.3 Å². The highest BCUT2D eigenvalue weighted by Crippen LogP contribution is 2.31. The Morgan fingerprint density at radius 1 is 1.20 bits per heavy atom. The Morgan fingerprint density at radius 2 is 2.04 bits per heavy atom. The molecule has 0 bridgehead atoms. The first kappa shape index (κ1) is 15.6. The summed E-state index contributed by atoms with van der Waals surface area (Å²) >= 11 is 0. The monoisotopic (exact) mass is 336 g/mol. The van der Waals surface area contributed by atoms with Crippen molar-refractivity contribution < 1.29 is 4.79 Å². The van der Waals surface area contributed by atoms with E-state index in [1.54, 1.807) is 15.7 Å². The Balaban J connectivity index is 1.47. The lowest BCUT2D eigenvalue weighted by molar-refractivity contribution is -0.131. The molecule has 1 aliphatic heterocycles. The van der Waals surface area contributed by atoms with E-state index in [2.05, 4.69) is 15.3 Å². The molecule has 128 valence electrons. The average molecular weight is 336 g/mol. The molecule has 1 fully saturated rings. The van der Waals surface area contributed by atoms with Gasteiger partial charge in [0, 0.05) is 25.4 Å². The fraction of sp³-hybridized carbons (Fsp3) is 0.333. The van der Waals surface area contributed by atoms with E-state index in [-0.39, 0.29) is 18.4 Å². The van der Waals surface area contributed by atoms with E-state index in [1.165, 1.54) is 0 Å². The van der Waals surface area contributed by atoms with E-state index in [9.17, 15) is 4.79 Å². The van der Waals surface area contributed by atoms with E-state index >= 15 is 0 Å². The number of amides is 1. The molecule has 1 atom stereocenters. The number of nitrogens with zero attached hydrogens (tertiary/aromatic N) is 6. The minimum absolute atomic E-state index is 0.0893. The molecule has 2 aromatic heterocycles. The van der Waals surface area contributed by atoms with Gasteiger partial charge in [-0.2, -0.15) is 20.1 Å². The van der Waals surface area contributed by atoms with Crippen molar-refractivity contribution in [1.29, 1.82) is 0 Å². The van der Waals surface area contributed by atoms with E-state index in [4.69, 9.17) is 0 Å². The molecule has 1 aliphatic rings. The predicted octanol–water partition coefficient (Wildman–Crippen LogP) is 1.91. The summed E-state index contributed by atoms with van der Waals surface area (Å²) in [4.78, 5) is 16.3. The maximum atomic E-state index is 12.8. The quantitative estimate of drug-likeness (QED) is 0.730. The van der Waals surface area contributed by atoms with E-state index in [0.29, 0.717) is 5.69 Å². The molecular formula is C18H20N6O. The van der Waals surface area contributed by atoms with Crippen molar-refractivity contribution >= 4 is 5.91 Å². The van der Waals surface area contributed by atoms with Gasteiger partial charge in [-0.05, 0) is 25.0 Å². The highest BCUT2D eigenvalue weighted by Gasteiger charge is 2.31. The van der Waals surface area contributed by atoms with Crippen molar-refractivity contribution in [2.24, 2.45) is 7.05 Å². The molecule has 0 saturated carbocycles. The van der Waals surface area contributed by atoms with Gasteiger partial charge < -0.3 is 4.90 Å². The largest absolute Gasteiger partial charge is 0.335 e. The van der Waals surface area contributed by atoms with Crippen LogP contribution in [0.4, 0.5) is 0 Å². The topological polar surface area (TPSA) is 68.8 Å². The van der Waals surface area contributed by atoms with E-state index in [1.807, 2.05) is 54.7 Å². The number of aryl methyl sites for hydroxylation is 1. The molecule has 4 rings (SSSR count). The average Bonchev–Trinajstić information content (AvgIpc) is 3.35. The van der Waals surface area contributed by atoms with Crippen LogP contribution in [-0.4, -0.2) is 42.1 Å². The van der Waals surface area contributed by atoms with Crippen LogP contribution in [0.25, 0.3) is 5.69 Å². The van der Waals surface area contributed by atoms with Gasteiger partial charge in [-0.15, -0.1) is 0 Å². The number of carbonyl (C=O) groups is 1. The zero-order valence-electron chi connectivity index (χ0n) is 14.1. The number of likely N-dealkylation sites (tertiary alicyclic amines) is 1. The molecule has 3 heterocycles. The fourth-order valence-corrected chi connectivity index (χ4v) is 3.34. The number of benzene rings is 1. The van der Waals surface area contributed by atoms with Crippen LogP contribution in [0.2, 0.25) is 0 Å². The maximum Gasteiger partial charge on any atom is 0.229 e. The van der Waals surface area contributed by atoms with Gasteiger partial charge in [0.15, 0.2) is 0 Å². The Labute approximate surface area is 145 Å². The lowest BCUT2D eigenvalue weighted by Gasteiger charge is -2.23. The summed E-state index contributed by atoms with van der Waals surface area (Å²) in [6.45, 7) is 0.783. The molecule has 0 spiro atoms. The Hall–Kier alpha value is -2.96. The summed E-state index contributed by atoms with van der Waals surface area (Å²) in [5.41, 5.74) is 2.67. The van der Waals surface area contributed by atoms with Crippen LogP contribution in [0.1, 0.15) is 30.1 Å². The van der Waals surface area contributed by atoms with Crippen molar-refractivity contribution in [2.45, 2.75) is 25.3 Å². The van der Waals surface area contributed by atoms with Crippen LogP contribution >= 0.6 is 0 Å². The molecule has 0 aliphatic carbocycles. The third kappa shape index (κ3) is 3.17. The Kier molecular flexibility index (Phi) is 4.05. The number of carbonyl (C=O) groups excluding carboxylic acids is 1. The Morgan fingerprint density at radius 3 is 2.80 bits per heavy atom. The summed E-state index contributed by atoms with van der Waals surface area (Å²) in [5.74, 6) is 0.0893. The minimum atomic E-state index is 0.0893. The first-order chi connectivity index (χ1) is 12.2. The standard InChI is InChI=1S/C18H20N6O/c1-22-13-14(11-19-22)17-8-5-9-23(17)18(25)10-15-12-20-24(21-15)16-6-3-2-4-7-16/h2-4,6-7,11-13,17H,5,8-10H2,1H3/t17-/m1/s1. The second-order valence-electron chi connectivity index (χ2n) is 6.33. The molecule has 25 heavy (non-hydrogen) atoms. The molecule has 7 heteroatoms. The van der Waals surface area contributed by atoms with Crippen LogP contribution in [0.5, 0.6) is 0 Å². The van der Waals surface area contributed by atoms with Crippen LogP contribution in [0.3, 0.4) is 0 Å². The fourth-order valence-electron chi connectivity index (χ4n) is 3.34. The molecule has 0 unspecified atom stereocenters. The lowest BCUT2D eigenvalue weighted by atomic mass is 10.1. The second kappa shape index (κ2) is 6.51. The normalized spacial score (nSPS) is 17.2. The van der Waals surface area contributed by atoms with Crippen LogP contribution in [0, 0.1) is 0 Å². The molecule has 1 saturated heterocycles. The summed E-state index contributed by atoms with van der Waals surface area (Å²) in [7, 11) is 1.90. The van der Waals surface area contributed by atoms with Gasteiger partial charge in [-0.3, -0.25) is 9.48 Å². The third-order valence-electron chi connectivity index (χ3n) is 4.54. The zero-order valence-corrected chi connectivity index (χ0v) is 14.1. The smallest absolute Gasteiger partial charge is 0.229 e. The Bertz CT molecular complexity index is 869. The molecule has 0 N–H and O–H groups in total. The molecule has 3 aromatic rings. The number of aromatic nitrogens is 5. The molecular weight excluding hydrogens is 316 g/mol. The van der Waals surface area contributed by atoms with Gasteiger partial charge in [-0.1, -0.05) is 18.2 Å². The third-order valence-corrected chi connectivity index (χ3v) is 4.54. The van der Waals surface area contributed by atoms with Gasteiger partial charge in [0.2, 0.25) is 5.91 Å². The van der Waals surface area contributed by atoms with Gasteiger partial charge in [-0.25, -0.2) is 0 Å². The highest BCUT2D eigenvalue weighted by molar-refractivity contribution is 5.79. The van der Waals surface area contributed by atoms with Crippen LogP contribution < -0.4 is 0 Å². The van der Waals surface area contributed by atoms with Gasteiger partial charge in [0.05, 0.1) is 36.2 Å². The van der Waals surface area contributed by atoms with Crippen molar-refractivity contribution in [2.75, 3.05) is 6.54 Å². The van der Waals surface area contributed by atoms with Gasteiger partial charge in [0.1, 0.15) is 0 Å². The van der Waals surface area contributed by atoms with Crippen molar-refractivity contribution in [1.82, 2.24) is 29.7 Å². The maximum absolute atomic E-state index is 12.8. The summed E-state index contributed by atoms with van der Waals surface area (Å²) in [6.07, 6.45) is 7.77. The van der Waals surface area contributed by atoms with Crippen molar-refractivity contribution in [3.8, 4) is 5.69 Å². The molecule has 7 nitrogen and oxygen atoms in total. The SMILES string of the molecule is Cn1cc([C@H]2CCCN2C(=O)Cc2cnn(-c3ccccc3)n2)cn1. The van der Waals surface area contributed by atoms with Gasteiger partial charge >= 0.3 is 0 Å². The summed E-state index contributed by atoms with van der Waals surface area (Å²) in [5, 5.41) is 12.9. The van der Waals surface area contributed by atoms with Crippen molar-refractivity contribution in [3.05, 3.63) is 60.2 Å². The molecule has 1 amide bonds. The number of hydrogen-bond acceptors (Lipinski definition) is 4. The first-order valence-corrected chi connectivity index (χ1v) is 8.45. The lowest BCUT2D eigenvalue weighted by Crippen LogP contribution is -2.31. The zero-order chi connectivity index (χ0) is 17.2. The summed E-state index contributed by atoms with van der Waals surface area (Å²) < 4.78 is 1.78. The number of hydrogen-bond donors (Lipinski definition) is 0. The summed E-state index contributed by atoms with van der Waals surface area (Å²) in [6, 6.07) is 9.81. The molecule has 1 aromatic carbocycles. The van der Waals surface area contributed by atoms with Crippen LogP contribution in [0.15, 0.2) is 48.9 Å². The van der Waals surface area contributed by atoms with Crippen molar-refractivity contribution in [3.63, 3.8) is 0 Å². The highest BCUT2D eigenvalue weighted by atomic mass is 16.2. The number of para-hydroxylation sites is 1.